The highest BCUT2D eigenvalue weighted by Gasteiger charge is 2.25. The fraction of sp³-hybridized carbons (Fsp3) is 0.583. The van der Waals surface area contributed by atoms with Crippen molar-refractivity contribution in [2.45, 2.75) is 17.7 Å². The first-order chi connectivity index (χ1) is 9.00. The molecule has 0 spiro atoms. The average molecular weight is 305 g/mol. The van der Waals surface area contributed by atoms with Gasteiger partial charge in [0.2, 0.25) is 10.0 Å². The lowest BCUT2D eigenvalue weighted by atomic mass is 10.0. The lowest BCUT2D eigenvalue weighted by Crippen LogP contribution is -2.34. The van der Waals surface area contributed by atoms with Crippen molar-refractivity contribution < 1.29 is 13.2 Å². The van der Waals surface area contributed by atoms with Gasteiger partial charge in [0.05, 0.1) is 4.90 Å². The molecule has 19 heavy (non-hydrogen) atoms. The van der Waals surface area contributed by atoms with Crippen molar-refractivity contribution in [3.8, 4) is 0 Å². The van der Waals surface area contributed by atoms with E-state index in [-0.39, 0.29) is 10.0 Å². The molecule has 1 aliphatic heterocycles. The zero-order chi connectivity index (χ0) is 13.9. The molecule has 2 heterocycles. The van der Waals surface area contributed by atoms with Gasteiger partial charge >= 0.3 is 0 Å². The highest BCUT2D eigenvalue weighted by molar-refractivity contribution is 7.89. The van der Waals surface area contributed by atoms with Crippen molar-refractivity contribution in [2.24, 2.45) is 5.92 Å². The number of hydrogen-bond acceptors (Lipinski definition) is 4. The number of ether oxygens (including phenoxy) is 1. The number of hydrogen-bond donors (Lipinski definition) is 0. The number of sulfonamides is 1. The van der Waals surface area contributed by atoms with E-state index in [1.54, 1.807) is 7.05 Å². The van der Waals surface area contributed by atoms with Crippen molar-refractivity contribution in [1.82, 2.24) is 9.29 Å². The third kappa shape index (κ3) is 3.66. The summed E-state index contributed by atoms with van der Waals surface area (Å²) in [4.78, 5) is 3.98. The zero-order valence-corrected chi connectivity index (χ0v) is 12.3. The van der Waals surface area contributed by atoms with Crippen molar-refractivity contribution in [1.29, 1.82) is 0 Å². The van der Waals surface area contributed by atoms with Crippen LogP contribution in [0.4, 0.5) is 0 Å². The van der Waals surface area contributed by atoms with Gasteiger partial charge in [-0.25, -0.2) is 17.7 Å². The topological polar surface area (TPSA) is 59.5 Å². The molecule has 0 radical (unpaired) electrons. The van der Waals surface area contributed by atoms with Crippen LogP contribution in [0.15, 0.2) is 23.2 Å². The van der Waals surface area contributed by atoms with E-state index >= 15 is 0 Å². The van der Waals surface area contributed by atoms with E-state index in [9.17, 15) is 8.42 Å². The lowest BCUT2D eigenvalue weighted by Gasteiger charge is -2.26. The van der Waals surface area contributed by atoms with Crippen molar-refractivity contribution in [3.63, 3.8) is 0 Å². The van der Waals surface area contributed by atoms with Crippen LogP contribution in [0.1, 0.15) is 12.8 Å². The third-order valence-corrected chi connectivity index (χ3v) is 5.29. The Labute approximate surface area is 118 Å². The molecule has 2 rings (SSSR count). The Bertz CT molecular complexity index is 530. The Morgan fingerprint density at radius 2 is 2.16 bits per heavy atom. The molecule has 0 unspecified atom stereocenters. The molecule has 1 aromatic heterocycles. The number of rotatable bonds is 4. The number of nitrogens with zero attached hydrogens (tertiary/aromatic N) is 2. The molecule has 5 nitrogen and oxygen atoms in total. The molecule has 0 atom stereocenters. The summed E-state index contributed by atoms with van der Waals surface area (Å²) in [5, 5.41) is 0.181. The van der Waals surface area contributed by atoms with Gasteiger partial charge in [0.15, 0.2) is 0 Å². The molecule has 0 aliphatic carbocycles. The van der Waals surface area contributed by atoms with Crippen LogP contribution in [0.5, 0.6) is 0 Å². The average Bonchev–Trinajstić information content (AvgIpc) is 2.40. The molecule has 0 N–H and O–H groups in total. The van der Waals surface area contributed by atoms with Crippen molar-refractivity contribution in [3.05, 3.63) is 23.5 Å². The van der Waals surface area contributed by atoms with Crippen LogP contribution in [-0.4, -0.2) is 44.5 Å². The van der Waals surface area contributed by atoms with E-state index < -0.39 is 10.0 Å². The van der Waals surface area contributed by atoms with Crippen LogP contribution >= 0.6 is 11.6 Å². The van der Waals surface area contributed by atoms with Gasteiger partial charge in [0.1, 0.15) is 5.15 Å². The second-order valence-corrected chi connectivity index (χ2v) is 7.09. The first-order valence-electron chi connectivity index (χ1n) is 6.16. The Kier molecular flexibility index (Phi) is 4.78. The first kappa shape index (κ1) is 14.7. The van der Waals surface area contributed by atoms with Crippen LogP contribution in [0.2, 0.25) is 5.15 Å². The van der Waals surface area contributed by atoms with Gasteiger partial charge in [-0.15, -0.1) is 0 Å². The summed E-state index contributed by atoms with van der Waals surface area (Å²) in [5.74, 6) is 0.353. The number of pyridine rings is 1. The van der Waals surface area contributed by atoms with Crippen LogP contribution in [-0.2, 0) is 14.8 Å². The largest absolute Gasteiger partial charge is 0.381 e. The van der Waals surface area contributed by atoms with E-state index in [0.717, 1.165) is 12.8 Å². The molecule has 1 aliphatic rings. The molecule has 0 bridgehead atoms. The molecule has 1 saturated heterocycles. The van der Waals surface area contributed by atoms with E-state index in [0.29, 0.717) is 25.7 Å². The number of aromatic nitrogens is 1. The number of halogens is 1. The van der Waals surface area contributed by atoms with Crippen molar-refractivity contribution in [2.75, 3.05) is 26.8 Å². The Balaban J connectivity index is 2.10. The summed E-state index contributed by atoms with van der Waals surface area (Å²) in [6, 6.07) is 2.83. The van der Waals surface area contributed by atoms with E-state index in [1.807, 2.05) is 0 Å². The maximum absolute atomic E-state index is 12.4. The maximum Gasteiger partial charge on any atom is 0.242 e. The predicted molar refractivity (Wildman–Crippen MR) is 72.6 cm³/mol. The van der Waals surface area contributed by atoms with Gasteiger partial charge in [-0.3, -0.25) is 0 Å². The van der Waals surface area contributed by atoms with E-state index in [4.69, 9.17) is 16.3 Å². The molecule has 0 saturated carbocycles. The highest BCUT2D eigenvalue weighted by Crippen LogP contribution is 2.21. The zero-order valence-electron chi connectivity index (χ0n) is 10.8. The van der Waals surface area contributed by atoms with Gasteiger partial charge in [0, 0.05) is 33.0 Å². The van der Waals surface area contributed by atoms with E-state index in [2.05, 4.69) is 4.98 Å². The molecule has 1 aromatic rings. The first-order valence-corrected chi connectivity index (χ1v) is 7.97. The summed E-state index contributed by atoms with van der Waals surface area (Å²) in [6.07, 6.45) is 3.20. The van der Waals surface area contributed by atoms with Crippen LogP contribution in [0.3, 0.4) is 0 Å². The standard InChI is InChI=1S/C12H17ClN2O3S/c1-15(9-10-3-6-18-7-4-10)19(16,17)11-2-5-14-12(13)8-11/h2,5,8,10H,3-4,6-7,9H2,1H3. The van der Waals surface area contributed by atoms with Crippen LogP contribution in [0.25, 0.3) is 0 Å². The maximum atomic E-state index is 12.4. The summed E-state index contributed by atoms with van der Waals surface area (Å²) in [6.45, 7) is 1.92. The normalized spacial score (nSPS) is 17.8. The van der Waals surface area contributed by atoms with E-state index in [1.165, 1.54) is 22.6 Å². The summed E-state index contributed by atoms with van der Waals surface area (Å²) >= 11 is 5.74. The SMILES string of the molecule is CN(CC1CCOCC1)S(=O)(=O)c1ccnc(Cl)c1. The molecule has 0 aromatic carbocycles. The van der Waals surface area contributed by atoms with Gasteiger partial charge < -0.3 is 4.74 Å². The Morgan fingerprint density at radius 1 is 1.47 bits per heavy atom. The second kappa shape index (κ2) is 6.17. The summed E-state index contributed by atoms with van der Waals surface area (Å²) in [5.41, 5.74) is 0. The van der Waals surface area contributed by atoms with Gasteiger partial charge in [0.25, 0.3) is 0 Å². The fourth-order valence-corrected chi connectivity index (χ4v) is 3.61. The predicted octanol–water partition coefficient (Wildman–Crippen LogP) is 1.78. The molecule has 7 heteroatoms. The Morgan fingerprint density at radius 3 is 2.79 bits per heavy atom. The molecule has 0 amide bonds. The monoisotopic (exact) mass is 304 g/mol. The fourth-order valence-electron chi connectivity index (χ4n) is 2.12. The van der Waals surface area contributed by atoms with Gasteiger partial charge in [-0.2, -0.15) is 0 Å². The molecule has 1 fully saturated rings. The van der Waals surface area contributed by atoms with Gasteiger partial charge in [-0.1, -0.05) is 11.6 Å². The smallest absolute Gasteiger partial charge is 0.242 e. The second-order valence-electron chi connectivity index (χ2n) is 4.66. The van der Waals surface area contributed by atoms with Crippen LogP contribution < -0.4 is 0 Å². The minimum atomic E-state index is -3.49. The highest BCUT2D eigenvalue weighted by atomic mass is 35.5. The summed E-state index contributed by atoms with van der Waals surface area (Å²) < 4.78 is 31.4. The quantitative estimate of drug-likeness (QED) is 0.796. The minimum Gasteiger partial charge on any atom is -0.381 e. The van der Waals surface area contributed by atoms with Crippen molar-refractivity contribution >= 4 is 21.6 Å². The molecular weight excluding hydrogens is 288 g/mol. The van der Waals surface area contributed by atoms with Gasteiger partial charge in [-0.05, 0) is 30.9 Å². The lowest BCUT2D eigenvalue weighted by molar-refractivity contribution is 0.0620. The summed E-state index contributed by atoms with van der Waals surface area (Å²) in [7, 11) is -1.90. The molecular formula is C12H17ClN2O3S. The third-order valence-electron chi connectivity index (χ3n) is 3.26. The van der Waals surface area contributed by atoms with Crippen LogP contribution in [0, 0.1) is 5.92 Å². The minimum absolute atomic E-state index is 0.181. The molecule has 106 valence electrons. The Hall–Kier alpha value is -0.690.